The van der Waals surface area contributed by atoms with Gasteiger partial charge in [-0.05, 0) is 12.1 Å². The van der Waals surface area contributed by atoms with E-state index in [0.717, 1.165) is 0 Å². The predicted molar refractivity (Wildman–Crippen MR) is 101 cm³/mol. The number of hydrogen-bond donors (Lipinski definition) is 1. The van der Waals surface area contributed by atoms with E-state index in [9.17, 15) is 14.0 Å². The van der Waals surface area contributed by atoms with Crippen molar-refractivity contribution in [1.82, 2.24) is 19.9 Å². The van der Waals surface area contributed by atoms with E-state index < -0.39 is 6.17 Å². The van der Waals surface area contributed by atoms with Gasteiger partial charge in [0.25, 0.3) is 5.91 Å². The molecule has 1 N–H and O–H groups in total. The summed E-state index contributed by atoms with van der Waals surface area (Å²) < 4.78 is 15.4. The van der Waals surface area contributed by atoms with Gasteiger partial charge in [0.2, 0.25) is 11.5 Å². The quantitative estimate of drug-likeness (QED) is 0.825. The van der Waals surface area contributed by atoms with Crippen molar-refractivity contribution in [2.24, 2.45) is 7.05 Å². The lowest BCUT2D eigenvalue weighted by Gasteiger charge is -2.26. The molecule has 0 radical (unpaired) electrons. The summed E-state index contributed by atoms with van der Waals surface area (Å²) in [6.45, 7) is 0.508. The van der Waals surface area contributed by atoms with Crippen molar-refractivity contribution in [2.45, 2.75) is 18.6 Å². The van der Waals surface area contributed by atoms with Gasteiger partial charge in [0, 0.05) is 52.6 Å². The monoisotopic (exact) mass is 374 g/mol. The minimum Gasteiger partial charge on any atom is -0.350 e. The minimum atomic E-state index is -0.984. The van der Waals surface area contributed by atoms with Crippen LogP contribution in [-0.2, 0) is 7.05 Å². The number of carbonyl (C=O) groups excluding carboxylic acids is 1. The molecule has 3 heterocycles. The van der Waals surface area contributed by atoms with Gasteiger partial charge in [0.15, 0.2) is 0 Å². The first kappa shape index (κ1) is 18.8. The number of halogens is 1. The molecule has 2 aromatic rings. The molecule has 9 heteroatoms. The molecule has 0 spiro atoms. The predicted octanol–water partition coefficient (Wildman–Crippen LogP) is 0.588. The van der Waals surface area contributed by atoms with Crippen LogP contribution in [0, 0.1) is 0 Å². The van der Waals surface area contributed by atoms with Crippen molar-refractivity contribution >= 4 is 17.7 Å². The number of anilines is 2. The van der Waals surface area contributed by atoms with Gasteiger partial charge in [0.05, 0.1) is 18.2 Å². The molecule has 27 heavy (non-hydrogen) atoms. The lowest BCUT2D eigenvalue weighted by molar-refractivity contribution is 0.0950. The number of pyridine rings is 1. The maximum absolute atomic E-state index is 14.1. The Hall–Kier alpha value is -2.97. The number of aromatic nitrogens is 3. The van der Waals surface area contributed by atoms with Crippen LogP contribution in [0.3, 0.4) is 0 Å². The summed E-state index contributed by atoms with van der Waals surface area (Å²) in [5.74, 6) is 0.877. The van der Waals surface area contributed by atoms with Crippen LogP contribution >= 0.6 is 0 Å². The van der Waals surface area contributed by atoms with Crippen molar-refractivity contribution in [1.29, 1.82) is 0 Å². The molecule has 1 aliphatic heterocycles. The van der Waals surface area contributed by atoms with Crippen molar-refractivity contribution in [3.63, 3.8) is 0 Å². The molecule has 1 amide bonds. The first-order valence-electron chi connectivity index (χ1n) is 8.71. The smallest absolute Gasteiger partial charge is 0.252 e. The van der Waals surface area contributed by atoms with Crippen molar-refractivity contribution in [3.05, 3.63) is 46.5 Å². The van der Waals surface area contributed by atoms with Gasteiger partial charge in [-0.2, -0.15) is 4.98 Å². The van der Waals surface area contributed by atoms with E-state index in [0.29, 0.717) is 23.8 Å². The molecule has 0 aromatic carbocycles. The van der Waals surface area contributed by atoms with Crippen LogP contribution in [0.25, 0.3) is 0 Å². The molecule has 0 aliphatic carbocycles. The van der Waals surface area contributed by atoms with Crippen LogP contribution in [-0.4, -0.2) is 59.8 Å². The van der Waals surface area contributed by atoms with E-state index in [-0.39, 0.29) is 30.6 Å². The highest BCUT2D eigenvalue weighted by Gasteiger charge is 2.33. The molecule has 144 valence electrons. The molecule has 1 aliphatic rings. The van der Waals surface area contributed by atoms with Crippen LogP contribution in [0.1, 0.15) is 16.8 Å². The van der Waals surface area contributed by atoms with E-state index in [1.165, 1.54) is 22.9 Å². The Morgan fingerprint density at radius 2 is 2.15 bits per heavy atom. The highest BCUT2D eigenvalue weighted by molar-refractivity contribution is 5.93. The number of nitrogens with one attached hydrogen (secondary N) is 1. The topological polar surface area (TPSA) is 83.4 Å². The van der Waals surface area contributed by atoms with Gasteiger partial charge < -0.3 is 19.7 Å². The highest BCUT2D eigenvalue weighted by Crippen LogP contribution is 2.26. The maximum Gasteiger partial charge on any atom is 0.252 e. The van der Waals surface area contributed by atoms with Gasteiger partial charge in [-0.3, -0.25) is 9.59 Å². The molecule has 1 fully saturated rings. The van der Waals surface area contributed by atoms with Gasteiger partial charge in [-0.1, -0.05) is 0 Å². The van der Waals surface area contributed by atoms with Crippen molar-refractivity contribution < 1.29 is 9.18 Å². The summed E-state index contributed by atoms with van der Waals surface area (Å²) in [7, 11) is 5.26. The Bertz CT molecular complexity index is 884. The number of amides is 1. The van der Waals surface area contributed by atoms with E-state index >= 15 is 0 Å². The van der Waals surface area contributed by atoms with Gasteiger partial charge >= 0.3 is 0 Å². The second-order valence-corrected chi connectivity index (χ2v) is 6.83. The van der Waals surface area contributed by atoms with E-state index in [1.807, 2.05) is 19.0 Å². The molecular formula is C18H23FN6O2. The summed E-state index contributed by atoms with van der Waals surface area (Å²) in [6, 6.07) is 4.36. The summed E-state index contributed by atoms with van der Waals surface area (Å²) in [5.41, 5.74) is 0.199. The lowest BCUT2D eigenvalue weighted by atomic mass is 10.2. The van der Waals surface area contributed by atoms with E-state index in [4.69, 9.17) is 0 Å². The zero-order valence-electron chi connectivity index (χ0n) is 15.6. The molecule has 1 saturated heterocycles. The maximum atomic E-state index is 14.1. The van der Waals surface area contributed by atoms with Gasteiger partial charge in [0.1, 0.15) is 12.0 Å². The largest absolute Gasteiger partial charge is 0.350 e. The number of nitrogens with zero attached hydrogens (tertiary/aromatic N) is 5. The standard InChI is InChI=1S/C18H23FN6O2/c1-23(2)18-20-7-6-15(22-18)25-11-13(19)8-14(25)9-21-17(27)12-4-5-16(26)24(3)10-12/h4-7,10,13-14H,8-9,11H2,1-3H3,(H,21,27)/t13-,14-/m0/s1. The van der Waals surface area contributed by atoms with Crippen LogP contribution < -0.4 is 20.7 Å². The fraction of sp³-hybridized carbons (Fsp3) is 0.444. The Balaban J connectivity index is 1.71. The van der Waals surface area contributed by atoms with Crippen molar-refractivity contribution in [3.8, 4) is 0 Å². The average Bonchev–Trinajstić information content (AvgIpc) is 3.02. The summed E-state index contributed by atoms with van der Waals surface area (Å²) in [4.78, 5) is 36.1. The normalized spacial score (nSPS) is 19.2. The average molecular weight is 374 g/mol. The summed E-state index contributed by atoms with van der Waals surface area (Å²) >= 11 is 0. The Morgan fingerprint density at radius 1 is 1.37 bits per heavy atom. The molecule has 0 unspecified atom stereocenters. The number of carbonyl (C=O) groups is 1. The van der Waals surface area contributed by atoms with Crippen molar-refractivity contribution in [2.75, 3.05) is 37.0 Å². The molecule has 0 bridgehead atoms. The third-order valence-corrected chi connectivity index (χ3v) is 4.53. The number of aryl methyl sites for hydroxylation is 1. The van der Waals surface area contributed by atoms with Crippen LogP contribution in [0.2, 0.25) is 0 Å². The minimum absolute atomic E-state index is 0.186. The number of alkyl halides is 1. The SMILES string of the molecule is CN(C)c1nccc(N2C[C@@H](F)C[C@H]2CNC(=O)c2ccc(=O)n(C)c2)n1. The Kier molecular flexibility index (Phi) is 5.38. The third-order valence-electron chi connectivity index (χ3n) is 4.53. The Labute approximate surface area is 156 Å². The van der Waals surface area contributed by atoms with E-state index in [2.05, 4.69) is 15.3 Å². The first-order chi connectivity index (χ1) is 12.8. The summed E-state index contributed by atoms with van der Waals surface area (Å²) in [5, 5.41) is 2.83. The Morgan fingerprint density at radius 3 is 2.85 bits per heavy atom. The highest BCUT2D eigenvalue weighted by atomic mass is 19.1. The second kappa shape index (κ2) is 7.73. The van der Waals surface area contributed by atoms with Gasteiger partial charge in [-0.25, -0.2) is 9.37 Å². The molecule has 2 atom stereocenters. The second-order valence-electron chi connectivity index (χ2n) is 6.83. The molecule has 2 aromatic heterocycles. The zero-order valence-corrected chi connectivity index (χ0v) is 15.6. The summed E-state index contributed by atoms with van der Waals surface area (Å²) in [6.07, 6.45) is 2.45. The fourth-order valence-corrected chi connectivity index (χ4v) is 3.09. The lowest BCUT2D eigenvalue weighted by Crippen LogP contribution is -2.41. The molecular weight excluding hydrogens is 351 g/mol. The molecule has 3 rings (SSSR count). The third kappa shape index (κ3) is 4.24. The van der Waals surface area contributed by atoms with E-state index in [1.54, 1.807) is 24.2 Å². The van der Waals surface area contributed by atoms with Gasteiger partial charge in [-0.15, -0.1) is 0 Å². The first-order valence-corrected chi connectivity index (χ1v) is 8.71. The molecule has 0 saturated carbocycles. The number of hydrogen-bond acceptors (Lipinski definition) is 6. The molecule has 8 nitrogen and oxygen atoms in total. The fourth-order valence-electron chi connectivity index (χ4n) is 3.09. The number of rotatable bonds is 5. The van der Waals surface area contributed by atoms with Crippen LogP contribution in [0.15, 0.2) is 35.4 Å². The van der Waals surface area contributed by atoms with Crippen LogP contribution in [0.4, 0.5) is 16.2 Å². The zero-order chi connectivity index (χ0) is 19.6. The van der Waals surface area contributed by atoms with Crippen LogP contribution in [0.5, 0.6) is 0 Å².